The first-order valence-corrected chi connectivity index (χ1v) is 6.78. The predicted octanol–water partition coefficient (Wildman–Crippen LogP) is 2.22. The molecule has 0 radical (unpaired) electrons. The van der Waals surface area contributed by atoms with Crippen LogP contribution in [0.1, 0.15) is 38.7 Å². The quantitative estimate of drug-likeness (QED) is 0.860. The van der Waals surface area contributed by atoms with E-state index in [4.69, 9.17) is 10.5 Å². The number of hydrogen-bond acceptors (Lipinski definition) is 3. The average molecular weight is 249 g/mol. The van der Waals surface area contributed by atoms with Gasteiger partial charge in [-0.15, -0.1) is 0 Å². The highest BCUT2D eigenvalue weighted by molar-refractivity contribution is 5.44. The van der Waals surface area contributed by atoms with E-state index in [0.717, 1.165) is 17.7 Å². The van der Waals surface area contributed by atoms with Crippen LogP contribution >= 0.6 is 0 Å². The number of benzene rings is 1. The van der Waals surface area contributed by atoms with Crippen molar-refractivity contribution in [1.29, 1.82) is 0 Å². The lowest BCUT2D eigenvalue weighted by Gasteiger charge is -2.49. The van der Waals surface area contributed by atoms with Crippen molar-refractivity contribution in [3.05, 3.63) is 29.8 Å². The van der Waals surface area contributed by atoms with Crippen molar-refractivity contribution in [3.63, 3.8) is 0 Å². The monoisotopic (exact) mass is 249 g/mol. The fraction of sp³-hybridized carbons (Fsp3) is 0.600. The van der Waals surface area contributed by atoms with E-state index < -0.39 is 5.60 Å². The fourth-order valence-electron chi connectivity index (χ4n) is 3.27. The number of rotatable bonds is 4. The molecule has 0 saturated carbocycles. The number of nitrogens with two attached hydrogens (primary N) is 1. The van der Waals surface area contributed by atoms with Gasteiger partial charge in [-0.25, -0.2) is 0 Å². The first kappa shape index (κ1) is 13.4. The van der Waals surface area contributed by atoms with Crippen molar-refractivity contribution in [1.82, 2.24) is 0 Å². The van der Waals surface area contributed by atoms with E-state index in [1.54, 1.807) is 0 Å². The number of para-hydroxylation sites is 1. The Balaban J connectivity index is 2.58. The lowest BCUT2D eigenvalue weighted by molar-refractivity contribution is -0.0591. The normalized spacial score (nSPS) is 23.3. The van der Waals surface area contributed by atoms with Gasteiger partial charge in [-0.1, -0.05) is 32.0 Å². The largest absolute Gasteiger partial charge is 0.493 e. The van der Waals surface area contributed by atoms with Gasteiger partial charge in [0.05, 0.1) is 12.2 Å². The Morgan fingerprint density at radius 2 is 2.00 bits per heavy atom. The Hall–Kier alpha value is -1.06. The highest BCUT2D eigenvalue weighted by atomic mass is 16.5. The Bertz CT molecular complexity index is 415. The smallest absolute Gasteiger partial charge is 0.123 e. The molecule has 18 heavy (non-hydrogen) atoms. The molecule has 1 atom stereocenters. The SMILES string of the molecule is CCC(O)(CC)C1(CN)CCOc2ccccc21. The van der Waals surface area contributed by atoms with E-state index in [2.05, 4.69) is 0 Å². The van der Waals surface area contributed by atoms with Gasteiger partial charge in [0.1, 0.15) is 5.75 Å². The number of aliphatic hydroxyl groups is 1. The van der Waals surface area contributed by atoms with E-state index in [1.165, 1.54) is 0 Å². The molecular weight excluding hydrogens is 226 g/mol. The molecule has 3 heteroatoms. The molecule has 0 aromatic heterocycles. The maximum absolute atomic E-state index is 11.0. The summed E-state index contributed by atoms with van der Waals surface area (Å²) in [5.74, 6) is 0.870. The lowest BCUT2D eigenvalue weighted by Crippen LogP contribution is -2.57. The molecule has 3 N–H and O–H groups in total. The van der Waals surface area contributed by atoms with Crippen LogP contribution in [0.5, 0.6) is 5.75 Å². The Kier molecular flexibility index (Phi) is 3.64. The summed E-state index contributed by atoms with van der Waals surface area (Å²) < 4.78 is 5.70. The molecule has 0 aliphatic carbocycles. The Labute approximate surface area is 109 Å². The standard InChI is InChI=1S/C15H23NO2/c1-3-15(17,4-2)14(11-16)9-10-18-13-8-6-5-7-12(13)14/h5-8,17H,3-4,9-11,16H2,1-2H3. The van der Waals surface area contributed by atoms with Gasteiger partial charge < -0.3 is 15.6 Å². The van der Waals surface area contributed by atoms with Crippen LogP contribution in [0.15, 0.2) is 24.3 Å². The van der Waals surface area contributed by atoms with Crippen LogP contribution < -0.4 is 10.5 Å². The second-order valence-corrected chi connectivity index (χ2v) is 5.12. The summed E-state index contributed by atoms with van der Waals surface area (Å²) in [7, 11) is 0. The minimum atomic E-state index is -0.762. The fourth-order valence-corrected chi connectivity index (χ4v) is 3.27. The Morgan fingerprint density at radius 3 is 2.61 bits per heavy atom. The summed E-state index contributed by atoms with van der Waals surface area (Å²) in [5, 5.41) is 11.0. The molecule has 1 unspecified atom stereocenters. The van der Waals surface area contributed by atoms with Crippen LogP contribution in [-0.4, -0.2) is 23.9 Å². The zero-order chi connectivity index (χ0) is 13.2. The van der Waals surface area contributed by atoms with Gasteiger partial charge in [0.15, 0.2) is 0 Å². The second-order valence-electron chi connectivity index (χ2n) is 5.12. The van der Waals surface area contributed by atoms with Crippen LogP contribution in [0.4, 0.5) is 0 Å². The van der Waals surface area contributed by atoms with Crippen molar-refractivity contribution in [2.24, 2.45) is 5.73 Å². The summed E-state index contributed by atoms with van der Waals surface area (Å²) in [6, 6.07) is 7.95. The van der Waals surface area contributed by atoms with E-state index in [-0.39, 0.29) is 5.41 Å². The van der Waals surface area contributed by atoms with Crippen molar-refractivity contribution in [2.45, 2.75) is 44.1 Å². The molecule has 1 aromatic carbocycles. The van der Waals surface area contributed by atoms with Crippen molar-refractivity contribution in [2.75, 3.05) is 13.2 Å². The molecule has 100 valence electrons. The van der Waals surface area contributed by atoms with Gasteiger partial charge in [0, 0.05) is 17.5 Å². The minimum absolute atomic E-state index is 0.384. The molecule has 1 aliphatic rings. The van der Waals surface area contributed by atoms with E-state index in [1.807, 2.05) is 38.1 Å². The summed E-state index contributed by atoms with van der Waals surface area (Å²) in [6.45, 7) is 5.13. The van der Waals surface area contributed by atoms with Crippen LogP contribution in [0, 0.1) is 0 Å². The zero-order valence-corrected chi connectivity index (χ0v) is 11.3. The molecule has 1 aromatic rings. The topological polar surface area (TPSA) is 55.5 Å². The first-order chi connectivity index (χ1) is 8.63. The summed E-state index contributed by atoms with van der Waals surface area (Å²) in [4.78, 5) is 0. The number of hydrogen-bond donors (Lipinski definition) is 2. The third-order valence-electron chi connectivity index (χ3n) is 4.60. The molecule has 1 heterocycles. The van der Waals surface area contributed by atoms with E-state index >= 15 is 0 Å². The summed E-state index contributed by atoms with van der Waals surface area (Å²) in [6.07, 6.45) is 2.18. The van der Waals surface area contributed by atoms with Gasteiger partial charge in [-0.3, -0.25) is 0 Å². The van der Waals surface area contributed by atoms with Gasteiger partial charge in [0.25, 0.3) is 0 Å². The Morgan fingerprint density at radius 1 is 1.33 bits per heavy atom. The number of ether oxygens (including phenoxy) is 1. The summed E-state index contributed by atoms with van der Waals surface area (Å²) >= 11 is 0. The van der Waals surface area contributed by atoms with Crippen LogP contribution in [-0.2, 0) is 5.41 Å². The summed E-state index contributed by atoms with van der Waals surface area (Å²) in [5.41, 5.74) is 5.99. The maximum atomic E-state index is 11.0. The molecule has 0 fully saturated rings. The molecule has 0 saturated heterocycles. The minimum Gasteiger partial charge on any atom is -0.493 e. The molecule has 0 spiro atoms. The first-order valence-electron chi connectivity index (χ1n) is 6.78. The molecule has 3 nitrogen and oxygen atoms in total. The van der Waals surface area contributed by atoms with Crippen LogP contribution in [0.25, 0.3) is 0 Å². The number of fused-ring (bicyclic) bond motifs is 1. The van der Waals surface area contributed by atoms with Crippen molar-refractivity contribution >= 4 is 0 Å². The van der Waals surface area contributed by atoms with Crippen molar-refractivity contribution < 1.29 is 9.84 Å². The van der Waals surface area contributed by atoms with Gasteiger partial charge >= 0.3 is 0 Å². The third-order valence-corrected chi connectivity index (χ3v) is 4.60. The zero-order valence-electron chi connectivity index (χ0n) is 11.3. The lowest BCUT2D eigenvalue weighted by atomic mass is 9.62. The molecule has 1 aliphatic heterocycles. The van der Waals surface area contributed by atoms with Gasteiger partial charge in [-0.2, -0.15) is 0 Å². The highest BCUT2D eigenvalue weighted by Crippen LogP contribution is 2.47. The van der Waals surface area contributed by atoms with E-state index in [0.29, 0.717) is 26.0 Å². The molecule has 0 amide bonds. The van der Waals surface area contributed by atoms with Gasteiger partial charge in [-0.05, 0) is 25.3 Å². The highest BCUT2D eigenvalue weighted by Gasteiger charge is 2.50. The van der Waals surface area contributed by atoms with E-state index in [9.17, 15) is 5.11 Å². The second kappa shape index (κ2) is 4.90. The third kappa shape index (κ3) is 1.73. The van der Waals surface area contributed by atoms with Crippen molar-refractivity contribution in [3.8, 4) is 5.75 Å². The van der Waals surface area contributed by atoms with Crippen LogP contribution in [0.3, 0.4) is 0 Å². The van der Waals surface area contributed by atoms with Gasteiger partial charge in [0.2, 0.25) is 0 Å². The van der Waals surface area contributed by atoms with Crippen LogP contribution in [0.2, 0.25) is 0 Å². The average Bonchev–Trinajstić information content (AvgIpc) is 2.45. The maximum Gasteiger partial charge on any atom is 0.123 e. The molecular formula is C15H23NO2. The molecule has 0 bridgehead atoms. The predicted molar refractivity (Wildman–Crippen MR) is 72.8 cm³/mol. The molecule has 2 rings (SSSR count).